The SMILES string of the molecule is Cc1ccccc1OCC(=O)Nc1sc2c(c1C(=O)NCc1ccco1)CCCC2. The van der Waals surface area contributed by atoms with Crippen LogP contribution in [0.4, 0.5) is 5.00 Å². The number of carbonyl (C=O) groups excluding carboxylic acids is 2. The van der Waals surface area contributed by atoms with Crippen molar-refractivity contribution in [1.82, 2.24) is 5.32 Å². The first-order chi connectivity index (χ1) is 14.6. The Morgan fingerprint density at radius 2 is 1.97 bits per heavy atom. The van der Waals surface area contributed by atoms with Crippen LogP contribution in [0.2, 0.25) is 0 Å². The quantitative estimate of drug-likeness (QED) is 0.586. The first-order valence-corrected chi connectivity index (χ1v) is 10.9. The van der Waals surface area contributed by atoms with Gasteiger partial charge in [-0.2, -0.15) is 0 Å². The summed E-state index contributed by atoms with van der Waals surface area (Å²) in [5.41, 5.74) is 2.60. The van der Waals surface area contributed by atoms with Crippen molar-refractivity contribution >= 4 is 28.2 Å². The van der Waals surface area contributed by atoms with Gasteiger partial charge in [0.15, 0.2) is 6.61 Å². The molecule has 0 fully saturated rings. The van der Waals surface area contributed by atoms with E-state index in [1.54, 1.807) is 12.3 Å². The maximum absolute atomic E-state index is 13.0. The molecule has 2 heterocycles. The molecule has 0 bridgehead atoms. The highest BCUT2D eigenvalue weighted by molar-refractivity contribution is 7.17. The van der Waals surface area contributed by atoms with Gasteiger partial charge in [0.1, 0.15) is 16.5 Å². The molecule has 0 atom stereocenters. The highest BCUT2D eigenvalue weighted by Gasteiger charge is 2.26. The molecule has 7 heteroatoms. The van der Waals surface area contributed by atoms with Crippen LogP contribution in [0, 0.1) is 6.92 Å². The van der Waals surface area contributed by atoms with Gasteiger partial charge >= 0.3 is 0 Å². The number of ether oxygens (including phenoxy) is 1. The van der Waals surface area contributed by atoms with Gasteiger partial charge in [0, 0.05) is 4.88 Å². The average Bonchev–Trinajstić information content (AvgIpc) is 3.39. The first-order valence-electron chi connectivity index (χ1n) is 10.0. The molecule has 0 spiro atoms. The summed E-state index contributed by atoms with van der Waals surface area (Å²) in [6, 6.07) is 11.2. The summed E-state index contributed by atoms with van der Waals surface area (Å²) in [4.78, 5) is 26.7. The van der Waals surface area contributed by atoms with E-state index in [0.29, 0.717) is 28.6 Å². The average molecular weight is 425 g/mol. The number of para-hydroxylation sites is 1. The van der Waals surface area contributed by atoms with E-state index in [1.165, 1.54) is 16.2 Å². The molecule has 0 aliphatic heterocycles. The second-order valence-corrected chi connectivity index (χ2v) is 8.38. The second kappa shape index (κ2) is 9.17. The predicted octanol–water partition coefficient (Wildman–Crippen LogP) is 4.48. The van der Waals surface area contributed by atoms with Crippen molar-refractivity contribution < 1.29 is 18.7 Å². The fourth-order valence-corrected chi connectivity index (χ4v) is 4.89. The number of hydrogen-bond acceptors (Lipinski definition) is 5. The molecule has 0 unspecified atom stereocenters. The Hall–Kier alpha value is -3.06. The molecular formula is C23H24N2O4S. The number of nitrogens with one attached hydrogen (secondary N) is 2. The Kier molecular flexibility index (Phi) is 6.18. The van der Waals surface area contributed by atoms with Gasteiger partial charge in [-0.25, -0.2) is 0 Å². The van der Waals surface area contributed by atoms with Crippen LogP contribution >= 0.6 is 11.3 Å². The normalized spacial score (nSPS) is 12.8. The van der Waals surface area contributed by atoms with E-state index >= 15 is 0 Å². The van der Waals surface area contributed by atoms with Crippen molar-refractivity contribution in [2.24, 2.45) is 0 Å². The lowest BCUT2D eigenvalue weighted by Crippen LogP contribution is -2.26. The maximum atomic E-state index is 13.0. The number of fused-ring (bicyclic) bond motifs is 1. The van der Waals surface area contributed by atoms with Crippen molar-refractivity contribution in [2.45, 2.75) is 39.2 Å². The Morgan fingerprint density at radius 3 is 2.77 bits per heavy atom. The summed E-state index contributed by atoms with van der Waals surface area (Å²) in [7, 11) is 0. The number of hydrogen-bond donors (Lipinski definition) is 2. The van der Waals surface area contributed by atoms with Gasteiger partial charge < -0.3 is 19.8 Å². The molecule has 156 valence electrons. The number of anilines is 1. The highest BCUT2D eigenvalue weighted by atomic mass is 32.1. The Bertz CT molecular complexity index is 1040. The standard InChI is InChI=1S/C23H24N2O4S/c1-15-7-2-4-10-18(15)29-14-20(26)25-23-21(17-9-3-5-11-19(17)30-23)22(27)24-13-16-8-6-12-28-16/h2,4,6-8,10,12H,3,5,9,11,13-14H2,1H3,(H,24,27)(H,25,26). The molecule has 0 radical (unpaired) electrons. The maximum Gasteiger partial charge on any atom is 0.262 e. The molecular weight excluding hydrogens is 400 g/mol. The van der Waals surface area contributed by atoms with Crippen molar-refractivity contribution in [3.63, 3.8) is 0 Å². The monoisotopic (exact) mass is 424 g/mol. The van der Waals surface area contributed by atoms with Crippen molar-refractivity contribution in [2.75, 3.05) is 11.9 Å². The summed E-state index contributed by atoms with van der Waals surface area (Å²) in [5, 5.41) is 6.40. The van der Waals surface area contributed by atoms with E-state index in [9.17, 15) is 9.59 Å². The number of thiophene rings is 1. The van der Waals surface area contributed by atoms with Crippen LogP contribution in [-0.2, 0) is 24.2 Å². The van der Waals surface area contributed by atoms with Crippen LogP contribution < -0.4 is 15.4 Å². The number of carbonyl (C=O) groups is 2. The van der Waals surface area contributed by atoms with Crippen molar-refractivity contribution in [3.8, 4) is 5.75 Å². The third kappa shape index (κ3) is 4.57. The zero-order valence-corrected chi connectivity index (χ0v) is 17.6. The van der Waals surface area contributed by atoms with E-state index in [1.807, 2.05) is 37.3 Å². The number of rotatable bonds is 7. The summed E-state index contributed by atoms with van der Waals surface area (Å²) in [5.74, 6) is 0.886. The minimum absolute atomic E-state index is 0.110. The largest absolute Gasteiger partial charge is 0.483 e. The Balaban J connectivity index is 1.47. The van der Waals surface area contributed by atoms with Crippen LogP contribution in [0.25, 0.3) is 0 Å². The van der Waals surface area contributed by atoms with Crippen molar-refractivity contribution in [1.29, 1.82) is 0 Å². The number of amides is 2. The molecule has 0 saturated heterocycles. The zero-order valence-electron chi connectivity index (χ0n) is 16.8. The smallest absolute Gasteiger partial charge is 0.262 e. The Labute approximate surface area is 179 Å². The van der Waals surface area contributed by atoms with Crippen LogP contribution in [0.1, 0.15) is 45.0 Å². The van der Waals surface area contributed by atoms with E-state index in [-0.39, 0.29) is 18.4 Å². The molecule has 0 saturated carbocycles. The van der Waals surface area contributed by atoms with Crippen LogP contribution in [0.3, 0.4) is 0 Å². The Morgan fingerprint density at radius 1 is 1.13 bits per heavy atom. The second-order valence-electron chi connectivity index (χ2n) is 7.28. The molecule has 1 aliphatic rings. The lowest BCUT2D eigenvalue weighted by molar-refractivity contribution is -0.118. The number of aryl methyl sites for hydroxylation is 2. The molecule has 6 nitrogen and oxygen atoms in total. The third-order valence-electron chi connectivity index (χ3n) is 5.11. The molecule has 1 aliphatic carbocycles. The fraction of sp³-hybridized carbons (Fsp3) is 0.304. The van der Waals surface area contributed by atoms with E-state index in [2.05, 4.69) is 10.6 Å². The van der Waals surface area contributed by atoms with Gasteiger partial charge in [-0.1, -0.05) is 18.2 Å². The van der Waals surface area contributed by atoms with Gasteiger partial charge in [0.05, 0.1) is 18.4 Å². The molecule has 1 aromatic carbocycles. The predicted molar refractivity (Wildman–Crippen MR) is 116 cm³/mol. The molecule has 4 rings (SSSR count). The topological polar surface area (TPSA) is 80.6 Å². The summed E-state index contributed by atoms with van der Waals surface area (Å²) >= 11 is 1.49. The number of furan rings is 1. The highest BCUT2D eigenvalue weighted by Crippen LogP contribution is 2.38. The van der Waals surface area contributed by atoms with E-state index in [0.717, 1.165) is 36.8 Å². The van der Waals surface area contributed by atoms with Gasteiger partial charge in [0.2, 0.25) is 0 Å². The molecule has 2 N–H and O–H groups in total. The lowest BCUT2D eigenvalue weighted by atomic mass is 9.95. The lowest BCUT2D eigenvalue weighted by Gasteiger charge is -2.13. The molecule has 3 aromatic rings. The number of benzene rings is 1. The molecule has 2 aromatic heterocycles. The fourth-order valence-electron chi connectivity index (χ4n) is 3.59. The molecule has 30 heavy (non-hydrogen) atoms. The van der Waals surface area contributed by atoms with E-state index < -0.39 is 0 Å². The third-order valence-corrected chi connectivity index (χ3v) is 6.31. The zero-order chi connectivity index (χ0) is 20.9. The van der Waals surface area contributed by atoms with Gasteiger partial charge in [0.25, 0.3) is 11.8 Å². The van der Waals surface area contributed by atoms with E-state index in [4.69, 9.17) is 9.15 Å². The van der Waals surface area contributed by atoms with Gasteiger partial charge in [-0.3, -0.25) is 9.59 Å². The molecule has 2 amide bonds. The summed E-state index contributed by atoms with van der Waals surface area (Å²) in [6.45, 7) is 2.13. The summed E-state index contributed by atoms with van der Waals surface area (Å²) in [6.07, 6.45) is 5.52. The van der Waals surface area contributed by atoms with Crippen LogP contribution in [0.5, 0.6) is 5.75 Å². The minimum Gasteiger partial charge on any atom is -0.483 e. The summed E-state index contributed by atoms with van der Waals surface area (Å²) < 4.78 is 10.9. The van der Waals surface area contributed by atoms with Crippen LogP contribution in [0.15, 0.2) is 47.1 Å². The van der Waals surface area contributed by atoms with Gasteiger partial charge in [-0.05, 0) is 61.9 Å². The minimum atomic E-state index is -0.281. The van der Waals surface area contributed by atoms with Gasteiger partial charge in [-0.15, -0.1) is 11.3 Å². The van der Waals surface area contributed by atoms with Crippen molar-refractivity contribution in [3.05, 3.63) is 70.0 Å². The van der Waals surface area contributed by atoms with Crippen LogP contribution in [-0.4, -0.2) is 18.4 Å². The first kappa shape index (κ1) is 20.2.